The summed E-state index contributed by atoms with van der Waals surface area (Å²) in [4.78, 5) is 27.6. The second-order valence-corrected chi connectivity index (χ2v) is 12.4. The monoisotopic (exact) mass is 607 g/mol. The van der Waals surface area contributed by atoms with Gasteiger partial charge in [-0.1, -0.05) is 121 Å². The van der Waals surface area contributed by atoms with Gasteiger partial charge >= 0.3 is 11.9 Å². The molecular formula is C36H33NO6S. The van der Waals surface area contributed by atoms with Crippen LogP contribution in [0, 0.1) is 12.3 Å². The van der Waals surface area contributed by atoms with Crippen molar-refractivity contribution in [3.8, 4) is 0 Å². The number of aryl methyl sites for hydroxylation is 1. The van der Waals surface area contributed by atoms with Crippen LogP contribution in [-0.2, 0) is 42.1 Å². The predicted molar refractivity (Wildman–Crippen MR) is 168 cm³/mol. The maximum Gasteiger partial charge on any atom is 0.355 e. The highest BCUT2D eigenvalue weighted by atomic mass is 32.2. The van der Waals surface area contributed by atoms with E-state index in [1.807, 2.05) is 97.9 Å². The van der Waals surface area contributed by atoms with Gasteiger partial charge in [0.2, 0.25) is 0 Å². The van der Waals surface area contributed by atoms with Gasteiger partial charge in [0.15, 0.2) is 0 Å². The number of carbonyl (C=O) groups excluding carboxylic acids is 2. The number of hydrogen-bond acceptors (Lipinski definition) is 6. The Morgan fingerprint density at radius 2 is 1.36 bits per heavy atom. The summed E-state index contributed by atoms with van der Waals surface area (Å²) in [6, 6.07) is 34.4. The zero-order chi connectivity index (χ0) is 31.2. The molecule has 0 saturated carbocycles. The standard InChI is InChI=1S/C36H33NO6S/c1-26-18-20-30(21-19-26)44(40,41)37-33(34(38)42-2)31-22-23-36(24-27-12-6-3-7-13-27,32(31)29-16-10-5-11-17-29)35(39)43-25-28-14-8-4-9-15-28/h3-23,32,37H,24-25H2,1-2H3/b33-31+/t32-,36+/m0/s1. The van der Waals surface area contributed by atoms with Crippen molar-refractivity contribution in [2.75, 3.05) is 7.11 Å². The minimum Gasteiger partial charge on any atom is -0.464 e. The molecular weight excluding hydrogens is 574 g/mol. The van der Waals surface area contributed by atoms with Crippen molar-refractivity contribution in [2.24, 2.45) is 5.41 Å². The SMILES string of the molecule is COC(=O)/C(NS(=O)(=O)c1ccc(C)cc1)=C1/C=C[C@](Cc2ccccc2)(C(=O)OCc2ccccc2)[C@H]1c1ccccc1. The molecule has 224 valence electrons. The summed E-state index contributed by atoms with van der Waals surface area (Å²) in [5, 5.41) is 0. The Morgan fingerprint density at radius 1 is 0.795 bits per heavy atom. The van der Waals surface area contributed by atoms with Crippen LogP contribution in [0.5, 0.6) is 0 Å². The Balaban J connectivity index is 1.66. The highest BCUT2D eigenvalue weighted by molar-refractivity contribution is 7.89. The maximum atomic E-state index is 14.3. The third kappa shape index (κ3) is 6.50. The first-order chi connectivity index (χ1) is 21.2. The number of methoxy groups -OCH3 is 1. The summed E-state index contributed by atoms with van der Waals surface area (Å²) >= 11 is 0. The van der Waals surface area contributed by atoms with Gasteiger partial charge in [-0.3, -0.25) is 9.52 Å². The Bertz CT molecular complexity index is 1780. The molecule has 0 aromatic heterocycles. The molecule has 1 aliphatic rings. The van der Waals surface area contributed by atoms with Crippen LogP contribution in [0.4, 0.5) is 0 Å². The van der Waals surface area contributed by atoms with Gasteiger partial charge in [-0.25, -0.2) is 13.2 Å². The number of sulfonamides is 1. The summed E-state index contributed by atoms with van der Waals surface area (Å²) in [7, 11) is -3.01. The van der Waals surface area contributed by atoms with Crippen LogP contribution in [-0.4, -0.2) is 27.5 Å². The van der Waals surface area contributed by atoms with Crippen molar-refractivity contribution < 1.29 is 27.5 Å². The van der Waals surface area contributed by atoms with E-state index in [0.29, 0.717) is 11.1 Å². The van der Waals surface area contributed by atoms with Crippen LogP contribution in [0.15, 0.2) is 144 Å². The predicted octanol–water partition coefficient (Wildman–Crippen LogP) is 6.03. The topological polar surface area (TPSA) is 98.8 Å². The average Bonchev–Trinajstić information content (AvgIpc) is 3.43. The lowest BCUT2D eigenvalue weighted by molar-refractivity contribution is -0.155. The van der Waals surface area contributed by atoms with E-state index in [2.05, 4.69) is 4.72 Å². The second kappa shape index (κ2) is 13.1. The molecule has 0 saturated heterocycles. The molecule has 5 rings (SSSR count). The molecule has 44 heavy (non-hydrogen) atoms. The summed E-state index contributed by atoms with van der Waals surface area (Å²) < 4.78 is 40.7. The fraction of sp³-hybridized carbons (Fsp3) is 0.167. The van der Waals surface area contributed by atoms with Gasteiger partial charge in [0.1, 0.15) is 17.7 Å². The van der Waals surface area contributed by atoms with Crippen molar-refractivity contribution in [2.45, 2.75) is 30.8 Å². The number of ether oxygens (including phenoxy) is 2. The fourth-order valence-electron chi connectivity index (χ4n) is 5.50. The number of hydrogen-bond donors (Lipinski definition) is 1. The summed E-state index contributed by atoms with van der Waals surface area (Å²) in [6.07, 6.45) is 3.60. The van der Waals surface area contributed by atoms with Gasteiger partial charge in [0.25, 0.3) is 10.0 Å². The van der Waals surface area contributed by atoms with Crippen molar-refractivity contribution >= 4 is 22.0 Å². The number of nitrogens with one attached hydrogen (secondary N) is 1. The van der Waals surface area contributed by atoms with Gasteiger partial charge in [0.05, 0.1) is 12.0 Å². The van der Waals surface area contributed by atoms with Gasteiger partial charge < -0.3 is 9.47 Å². The van der Waals surface area contributed by atoms with Crippen molar-refractivity contribution in [1.29, 1.82) is 0 Å². The second-order valence-electron chi connectivity index (χ2n) is 10.7. The molecule has 0 fully saturated rings. The molecule has 8 heteroatoms. The lowest BCUT2D eigenvalue weighted by Gasteiger charge is -2.34. The van der Waals surface area contributed by atoms with Crippen LogP contribution < -0.4 is 4.72 Å². The molecule has 4 aromatic rings. The highest BCUT2D eigenvalue weighted by Gasteiger charge is 2.51. The Hall–Kier alpha value is -4.95. The van der Waals surface area contributed by atoms with Crippen molar-refractivity contribution in [3.63, 3.8) is 0 Å². The smallest absolute Gasteiger partial charge is 0.355 e. The van der Waals surface area contributed by atoms with E-state index in [0.717, 1.165) is 16.7 Å². The first-order valence-electron chi connectivity index (χ1n) is 14.1. The molecule has 1 aliphatic carbocycles. The van der Waals surface area contributed by atoms with Crippen molar-refractivity contribution in [3.05, 3.63) is 161 Å². The van der Waals surface area contributed by atoms with E-state index in [9.17, 15) is 18.0 Å². The Morgan fingerprint density at radius 3 is 1.95 bits per heavy atom. The highest BCUT2D eigenvalue weighted by Crippen LogP contribution is 2.52. The van der Waals surface area contributed by atoms with E-state index in [-0.39, 0.29) is 23.6 Å². The molecule has 2 atom stereocenters. The maximum absolute atomic E-state index is 14.3. The third-order valence-corrected chi connectivity index (χ3v) is 9.06. The minimum atomic E-state index is -4.20. The van der Waals surface area contributed by atoms with Crippen LogP contribution in [0.2, 0.25) is 0 Å². The minimum absolute atomic E-state index is 0.0128. The number of esters is 2. The molecule has 0 amide bonds. The van der Waals surface area contributed by atoms with Crippen LogP contribution in [0.1, 0.15) is 28.2 Å². The summed E-state index contributed by atoms with van der Waals surface area (Å²) in [5.74, 6) is -2.17. The summed E-state index contributed by atoms with van der Waals surface area (Å²) in [6.45, 7) is 1.90. The van der Waals surface area contributed by atoms with Gasteiger partial charge in [0, 0.05) is 5.92 Å². The molecule has 0 heterocycles. The summed E-state index contributed by atoms with van der Waals surface area (Å²) in [5.41, 5.74) is 1.99. The zero-order valence-electron chi connectivity index (χ0n) is 24.5. The molecule has 4 aromatic carbocycles. The van der Waals surface area contributed by atoms with E-state index < -0.39 is 33.3 Å². The van der Waals surface area contributed by atoms with Crippen LogP contribution in [0.3, 0.4) is 0 Å². The lowest BCUT2D eigenvalue weighted by Crippen LogP contribution is -2.39. The van der Waals surface area contributed by atoms with Gasteiger partial charge in [-0.15, -0.1) is 0 Å². The van der Waals surface area contributed by atoms with Crippen molar-refractivity contribution in [1.82, 2.24) is 4.72 Å². The largest absolute Gasteiger partial charge is 0.464 e. The third-order valence-electron chi connectivity index (χ3n) is 7.70. The average molecular weight is 608 g/mol. The normalized spacial score (nSPS) is 18.8. The fourth-order valence-corrected chi connectivity index (χ4v) is 6.58. The Labute approximate surface area is 257 Å². The van der Waals surface area contributed by atoms with E-state index >= 15 is 0 Å². The molecule has 1 N–H and O–H groups in total. The molecule has 0 radical (unpaired) electrons. The van der Waals surface area contributed by atoms with E-state index in [1.165, 1.54) is 19.2 Å². The molecule has 0 aliphatic heterocycles. The van der Waals surface area contributed by atoms with E-state index in [4.69, 9.17) is 9.47 Å². The molecule has 0 spiro atoms. The quantitative estimate of drug-likeness (QED) is 0.175. The zero-order valence-corrected chi connectivity index (χ0v) is 25.3. The van der Waals surface area contributed by atoms with Gasteiger partial charge in [-0.05, 0) is 47.7 Å². The number of rotatable bonds is 10. The van der Waals surface area contributed by atoms with E-state index in [1.54, 1.807) is 24.3 Å². The molecule has 0 unspecified atom stereocenters. The first-order valence-corrected chi connectivity index (χ1v) is 15.6. The molecule has 0 bridgehead atoms. The number of carbonyl (C=O) groups is 2. The van der Waals surface area contributed by atoms with Gasteiger partial charge in [-0.2, -0.15) is 0 Å². The Kier molecular flexibility index (Phi) is 9.11. The van der Waals surface area contributed by atoms with Crippen LogP contribution >= 0.6 is 0 Å². The lowest BCUT2D eigenvalue weighted by atomic mass is 9.69. The number of benzene rings is 4. The molecule has 7 nitrogen and oxygen atoms in total. The van der Waals surface area contributed by atoms with Crippen LogP contribution in [0.25, 0.3) is 0 Å². The number of allylic oxidation sites excluding steroid dienone is 2. The first kappa shape index (κ1) is 30.5.